The highest BCUT2D eigenvalue weighted by Gasteiger charge is 2.49. The molecule has 2 aromatic rings. The molecule has 10 heteroatoms. The molecule has 0 unspecified atom stereocenters. The van der Waals surface area contributed by atoms with E-state index >= 15 is 0 Å². The van der Waals surface area contributed by atoms with Crippen LogP contribution in [0.2, 0.25) is 0 Å². The number of ketones is 1. The minimum absolute atomic E-state index is 0.145. The topological polar surface area (TPSA) is 77.6 Å². The zero-order valence-electron chi connectivity index (χ0n) is 15.8. The molecule has 160 valence electrons. The van der Waals surface area contributed by atoms with Gasteiger partial charge in [0.25, 0.3) is 11.9 Å². The lowest BCUT2D eigenvalue weighted by molar-refractivity contribution is -0.106. The maximum Gasteiger partial charge on any atom is 0.283 e. The monoisotopic (exact) mass is 487 g/mol. The molecule has 2 heterocycles. The highest BCUT2D eigenvalue weighted by molar-refractivity contribution is 9.10. The fourth-order valence-electron chi connectivity index (χ4n) is 3.24. The third-order valence-corrected chi connectivity index (χ3v) is 5.28. The van der Waals surface area contributed by atoms with E-state index in [0.717, 1.165) is 6.07 Å². The van der Waals surface area contributed by atoms with Crippen LogP contribution in [0, 0.1) is 5.82 Å². The van der Waals surface area contributed by atoms with Gasteiger partial charge in [0, 0.05) is 36.0 Å². The van der Waals surface area contributed by atoms with Gasteiger partial charge in [-0.25, -0.2) is 22.6 Å². The number of aliphatic imine (C=N–C) groups is 1. The van der Waals surface area contributed by atoms with Crippen molar-refractivity contribution in [3.05, 3.63) is 63.6 Å². The van der Waals surface area contributed by atoms with Gasteiger partial charge in [0.2, 0.25) is 0 Å². The van der Waals surface area contributed by atoms with Gasteiger partial charge in [0.15, 0.2) is 11.9 Å². The summed E-state index contributed by atoms with van der Waals surface area (Å²) in [5.74, 6) is -4.54. The Bertz CT molecular complexity index is 979. The molecule has 0 spiro atoms. The summed E-state index contributed by atoms with van der Waals surface area (Å²) < 4.78 is 62.0. The van der Waals surface area contributed by atoms with Gasteiger partial charge in [-0.2, -0.15) is 0 Å². The number of carbonyl (C=O) groups excluding carboxylic acids is 1. The van der Waals surface area contributed by atoms with E-state index in [9.17, 15) is 22.4 Å². The molecule has 5 nitrogen and oxygen atoms in total. The molecule has 1 aromatic carbocycles. The quantitative estimate of drug-likeness (QED) is 0.485. The number of pyridine rings is 1. The second kappa shape index (κ2) is 8.33. The normalized spacial score (nSPS) is 21.7. The van der Waals surface area contributed by atoms with Crippen LogP contribution in [0.25, 0.3) is 0 Å². The Balaban J connectivity index is 1.96. The number of ether oxygens (including phenoxy) is 1. The third kappa shape index (κ3) is 4.63. The number of halogens is 5. The van der Waals surface area contributed by atoms with Crippen LogP contribution in [-0.2, 0) is 16.7 Å². The largest absolute Gasteiger partial charge is 0.456 e. The van der Waals surface area contributed by atoms with E-state index < -0.39 is 42.5 Å². The Morgan fingerprint density at radius 1 is 1.37 bits per heavy atom. The first-order valence-corrected chi connectivity index (χ1v) is 9.73. The molecule has 0 aliphatic carbocycles. The molecular weight excluding hydrogens is 470 g/mol. The van der Waals surface area contributed by atoms with Crippen molar-refractivity contribution in [1.82, 2.24) is 4.98 Å². The van der Waals surface area contributed by atoms with Crippen molar-refractivity contribution in [3.8, 4) is 0 Å². The van der Waals surface area contributed by atoms with E-state index in [1.165, 1.54) is 24.4 Å². The minimum atomic E-state index is -3.35. The molecule has 0 radical (unpaired) electrons. The van der Waals surface area contributed by atoms with Gasteiger partial charge >= 0.3 is 0 Å². The van der Waals surface area contributed by atoms with Gasteiger partial charge in [-0.05, 0) is 45.8 Å². The van der Waals surface area contributed by atoms with Crippen LogP contribution in [0.3, 0.4) is 0 Å². The van der Waals surface area contributed by atoms with Crippen molar-refractivity contribution in [3.63, 3.8) is 0 Å². The summed E-state index contributed by atoms with van der Waals surface area (Å²) in [6, 6.07) is 6.18. The molecular formula is C20H18BrF4N3O2. The zero-order valence-corrected chi connectivity index (χ0v) is 17.4. The number of carbonyl (C=O) groups is 1. The highest BCUT2D eigenvalue weighted by Crippen LogP contribution is 2.41. The van der Waals surface area contributed by atoms with Crippen LogP contribution in [0.4, 0.5) is 17.6 Å². The third-order valence-electron chi connectivity index (χ3n) is 4.81. The van der Waals surface area contributed by atoms with E-state index in [-0.39, 0.29) is 23.5 Å². The maximum absolute atomic E-state index is 14.6. The maximum atomic E-state index is 14.6. The summed E-state index contributed by atoms with van der Waals surface area (Å²) in [4.78, 5) is 20.3. The van der Waals surface area contributed by atoms with Crippen molar-refractivity contribution in [2.45, 2.75) is 37.3 Å². The predicted octanol–water partition coefficient (Wildman–Crippen LogP) is 4.33. The van der Waals surface area contributed by atoms with E-state index in [2.05, 4.69) is 25.9 Å². The second-order valence-electron chi connectivity index (χ2n) is 7.16. The standard InChI is InChI=1S/C20H18BrF4N3O2/c1-19(24,25)17-8-20(10-22,28-18(26)30-17)13-6-11(2-4-14(13)23)7-16(29)15-5-3-12(21)9-27-15/h2-6,9,17H,7-8,10H2,1H3,(H2,26,28)/t17-,20+/m0/s1. The lowest BCUT2D eigenvalue weighted by Gasteiger charge is -2.38. The summed E-state index contributed by atoms with van der Waals surface area (Å²) in [6.45, 7) is -0.665. The SMILES string of the molecule is CC(F)(F)[C@@H]1C[C@@](CF)(c2cc(CC(=O)c3ccc(Br)cn3)ccc2F)N=C(N)O1. The van der Waals surface area contributed by atoms with Crippen LogP contribution < -0.4 is 5.73 Å². The molecule has 0 fully saturated rings. The number of nitrogens with two attached hydrogens (primary N) is 1. The van der Waals surface area contributed by atoms with Crippen molar-refractivity contribution in [2.24, 2.45) is 10.7 Å². The molecule has 2 atom stereocenters. The van der Waals surface area contributed by atoms with Crippen LogP contribution in [0.1, 0.15) is 35.0 Å². The zero-order chi connectivity index (χ0) is 22.1. The van der Waals surface area contributed by atoms with Crippen LogP contribution in [0.15, 0.2) is 46.0 Å². The smallest absolute Gasteiger partial charge is 0.283 e. The van der Waals surface area contributed by atoms with Gasteiger partial charge in [-0.3, -0.25) is 9.78 Å². The summed E-state index contributed by atoms with van der Waals surface area (Å²) in [6.07, 6.45) is -1.07. The molecule has 3 rings (SSSR count). The molecule has 2 N–H and O–H groups in total. The van der Waals surface area contributed by atoms with E-state index in [0.29, 0.717) is 17.0 Å². The van der Waals surface area contributed by atoms with Crippen molar-refractivity contribution < 1.29 is 27.1 Å². The van der Waals surface area contributed by atoms with Gasteiger partial charge < -0.3 is 10.5 Å². The van der Waals surface area contributed by atoms with Crippen LogP contribution in [-0.4, -0.2) is 35.5 Å². The first kappa shape index (κ1) is 22.2. The number of nitrogens with zero attached hydrogens (tertiary/aromatic N) is 2. The van der Waals surface area contributed by atoms with E-state index in [4.69, 9.17) is 10.5 Å². The summed E-state index contributed by atoms with van der Waals surface area (Å²) in [7, 11) is 0. The number of alkyl halides is 3. The number of amidine groups is 1. The average Bonchev–Trinajstić information content (AvgIpc) is 2.68. The van der Waals surface area contributed by atoms with Gasteiger partial charge in [-0.1, -0.05) is 6.07 Å². The summed E-state index contributed by atoms with van der Waals surface area (Å²) in [5.41, 5.74) is 3.81. The van der Waals surface area contributed by atoms with Crippen molar-refractivity contribution in [1.29, 1.82) is 0 Å². The molecule has 0 saturated carbocycles. The number of rotatable bonds is 6. The molecule has 0 amide bonds. The Morgan fingerprint density at radius 3 is 2.70 bits per heavy atom. The Kier molecular flexibility index (Phi) is 6.16. The molecule has 1 aromatic heterocycles. The highest BCUT2D eigenvalue weighted by atomic mass is 79.9. The van der Waals surface area contributed by atoms with Gasteiger partial charge in [0.1, 0.15) is 23.7 Å². The van der Waals surface area contributed by atoms with Crippen LogP contribution >= 0.6 is 15.9 Å². The first-order valence-electron chi connectivity index (χ1n) is 8.93. The van der Waals surface area contributed by atoms with Crippen molar-refractivity contribution in [2.75, 3.05) is 6.67 Å². The molecule has 0 saturated heterocycles. The first-order chi connectivity index (χ1) is 14.0. The van der Waals surface area contributed by atoms with Crippen LogP contribution in [0.5, 0.6) is 0 Å². The number of hydrogen-bond acceptors (Lipinski definition) is 5. The number of benzene rings is 1. The Hall–Kier alpha value is -2.49. The number of hydrogen-bond donors (Lipinski definition) is 1. The van der Waals surface area contributed by atoms with Crippen molar-refractivity contribution >= 4 is 27.7 Å². The summed E-state index contributed by atoms with van der Waals surface area (Å²) in [5, 5.41) is 0. The number of aromatic nitrogens is 1. The molecule has 30 heavy (non-hydrogen) atoms. The molecule has 0 bridgehead atoms. The lowest BCUT2D eigenvalue weighted by Crippen LogP contribution is -2.48. The molecule has 1 aliphatic heterocycles. The average molecular weight is 488 g/mol. The minimum Gasteiger partial charge on any atom is -0.456 e. The van der Waals surface area contributed by atoms with Gasteiger partial charge in [-0.15, -0.1) is 0 Å². The Morgan fingerprint density at radius 2 is 2.10 bits per heavy atom. The Labute approximate surface area is 178 Å². The molecule has 1 aliphatic rings. The second-order valence-corrected chi connectivity index (χ2v) is 8.07. The fourth-order valence-corrected chi connectivity index (χ4v) is 3.48. The van der Waals surface area contributed by atoms with E-state index in [1.54, 1.807) is 6.07 Å². The fraction of sp³-hybridized carbons (Fsp3) is 0.350. The lowest BCUT2D eigenvalue weighted by atomic mass is 9.82. The predicted molar refractivity (Wildman–Crippen MR) is 106 cm³/mol. The summed E-state index contributed by atoms with van der Waals surface area (Å²) >= 11 is 3.22. The van der Waals surface area contributed by atoms with E-state index in [1.807, 2.05) is 0 Å². The van der Waals surface area contributed by atoms with Gasteiger partial charge in [0.05, 0.1) is 0 Å². The number of Topliss-reactive ketones (excluding diaryl/α,β-unsaturated/α-hetero) is 1.